The first-order valence-electron chi connectivity index (χ1n) is 12.5. The lowest BCUT2D eigenvalue weighted by atomic mass is 10.1. The summed E-state index contributed by atoms with van der Waals surface area (Å²) in [5.74, 6) is -0.229. The third-order valence-corrected chi connectivity index (χ3v) is 8.21. The molecule has 194 valence electrons. The van der Waals surface area contributed by atoms with Crippen LogP contribution in [-0.4, -0.2) is 40.6 Å². The van der Waals surface area contributed by atoms with Gasteiger partial charge in [0.05, 0.1) is 30.3 Å². The number of benzene rings is 4. The van der Waals surface area contributed by atoms with Crippen LogP contribution in [0.3, 0.4) is 0 Å². The minimum Gasteiger partial charge on any atom is -0.378 e. The molecule has 1 heterocycles. The van der Waals surface area contributed by atoms with Crippen LogP contribution in [0.1, 0.15) is 15.9 Å². The first-order valence-corrected chi connectivity index (χ1v) is 13.9. The van der Waals surface area contributed by atoms with Crippen LogP contribution in [0.15, 0.2) is 114 Å². The van der Waals surface area contributed by atoms with Crippen LogP contribution >= 0.6 is 0 Å². The molecule has 0 aliphatic carbocycles. The molecule has 0 saturated carbocycles. The molecule has 1 N–H and O–H groups in total. The molecule has 0 unspecified atom stereocenters. The number of carbonyl (C=O) groups is 1. The van der Waals surface area contributed by atoms with Crippen molar-refractivity contribution in [2.24, 2.45) is 0 Å². The summed E-state index contributed by atoms with van der Waals surface area (Å²) < 4.78 is 33.8. The molecule has 1 fully saturated rings. The predicted molar refractivity (Wildman–Crippen MR) is 150 cm³/mol. The van der Waals surface area contributed by atoms with Gasteiger partial charge in [-0.3, -0.25) is 9.10 Å². The number of rotatable bonds is 8. The largest absolute Gasteiger partial charge is 0.378 e. The van der Waals surface area contributed by atoms with Crippen molar-refractivity contribution in [1.29, 1.82) is 0 Å². The average molecular weight is 528 g/mol. The molecular formula is C30H29N3O4S. The zero-order valence-corrected chi connectivity index (χ0v) is 21.7. The van der Waals surface area contributed by atoms with Crippen LogP contribution in [0.25, 0.3) is 0 Å². The van der Waals surface area contributed by atoms with Crippen molar-refractivity contribution < 1.29 is 17.9 Å². The molecule has 7 nitrogen and oxygen atoms in total. The van der Waals surface area contributed by atoms with E-state index in [1.165, 1.54) is 4.31 Å². The zero-order chi connectivity index (χ0) is 26.4. The van der Waals surface area contributed by atoms with Crippen molar-refractivity contribution in [3.63, 3.8) is 0 Å². The molecule has 4 aromatic rings. The van der Waals surface area contributed by atoms with Gasteiger partial charge in [0.2, 0.25) is 0 Å². The van der Waals surface area contributed by atoms with Gasteiger partial charge in [0.15, 0.2) is 0 Å². The van der Waals surface area contributed by atoms with Gasteiger partial charge >= 0.3 is 0 Å². The molecule has 0 bridgehead atoms. The normalized spacial score (nSPS) is 13.6. The summed E-state index contributed by atoms with van der Waals surface area (Å²) in [6.45, 7) is 3.27. The van der Waals surface area contributed by atoms with E-state index in [4.69, 9.17) is 4.74 Å². The number of morpholine rings is 1. The SMILES string of the molecule is O=C(Nc1ccc(N2CCOCC2)cc1)c1ccc(CN(c2ccccc2)S(=O)(=O)c2ccccc2)cc1. The van der Waals surface area contributed by atoms with Crippen molar-refractivity contribution in [2.75, 3.05) is 40.8 Å². The third kappa shape index (κ3) is 5.88. The number of hydrogen-bond acceptors (Lipinski definition) is 5. The van der Waals surface area contributed by atoms with E-state index in [0.717, 1.165) is 37.6 Å². The second kappa shape index (κ2) is 11.5. The molecule has 38 heavy (non-hydrogen) atoms. The number of nitrogens with zero attached hydrogens (tertiary/aromatic N) is 2. The first-order chi connectivity index (χ1) is 18.5. The van der Waals surface area contributed by atoms with Crippen molar-refractivity contribution in [3.05, 3.63) is 120 Å². The third-order valence-electron chi connectivity index (χ3n) is 6.42. The second-order valence-electron chi connectivity index (χ2n) is 8.96. The molecule has 1 amide bonds. The first kappa shape index (κ1) is 25.5. The lowest BCUT2D eigenvalue weighted by molar-refractivity contribution is 0.102. The maximum atomic E-state index is 13.5. The van der Waals surface area contributed by atoms with Gasteiger partial charge in [-0.2, -0.15) is 0 Å². The second-order valence-corrected chi connectivity index (χ2v) is 10.8. The molecule has 5 rings (SSSR count). The standard InChI is InChI=1S/C30H29N3O4S/c34-30(31-26-15-17-27(18-16-26)32-19-21-37-22-20-32)25-13-11-24(12-14-25)23-33(28-7-3-1-4-8-28)38(35,36)29-9-5-2-6-10-29/h1-18H,19-23H2,(H,31,34). The quantitative estimate of drug-likeness (QED) is 0.342. The maximum absolute atomic E-state index is 13.5. The fourth-order valence-corrected chi connectivity index (χ4v) is 5.81. The van der Waals surface area contributed by atoms with E-state index < -0.39 is 10.0 Å². The fourth-order valence-electron chi connectivity index (χ4n) is 4.34. The van der Waals surface area contributed by atoms with E-state index >= 15 is 0 Å². The van der Waals surface area contributed by atoms with Crippen LogP contribution in [0.2, 0.25) is 0 Å². The number of para-hydroxylation sites is 1. The summed E-state index contributed by atoms with van der Waals surface area (Å²) in [6, 6.07) is 32.2. The van der Waals surface area contributed by atoms with Crippen LogP contribution in [-0.2, 0) is 21.3 Å². The molecule has 0 aromatic heterocycles. The highest BCUT2D eigenvalue weighted by molar-refractivity contribution is 7.92. The highest BCUT2D eigenvalue weighted by Crippen LogP contribution is 2.26. The Balaban J connectivity index is 1.29. The fraction of sp³-hybridized carbons (Fsp3) is 0.167. The minimum absolute atomic E-state index is 0.131. The van der Waals surface area contributed by atoms with E-state index in [1.807, 2.05) is 42.5 Å². The maximum Gasteiger partial charge on any atom is 0.264 e. The molecule has 0 radical (unpaired) electrons. The minimum atomic E-state index is -3.79. The molecule has 8 heteroatoms. The topological polar surface area (TPSA) is 79.0 Å². The predicted octanol–water partition coefficient (Wildman–Crippen LogP) is 5.17. The highest BCUT2D eigenvalue weighted by atomic mass is 32.2. The van der Waals surface area contributed by atoms with Crippen molar-refractivity contribution in [3.8, 4) is 0 Å². The van der Waals surface area contributed by atoms with Gasteiger partial charge in [-0.15, -0.1) is 0 Å². The summed E-state index contributed by atoms with van der Waals surface area (Å²) >= 11 is 0. The van der Waals surface area contributed by atoms with Crippen molar-refractivity contribution >= 4 is 33.0 Å². The monoisotopic (exact) mass is 527 g/mol. The number of hydrogen-bond donors (Lipinski definition) is 1. The Morgan fingerprint density at radius 2 is 1.39 bits per heavy atom. The molecule has 4 aromatic carbocycles. The highest BCUT2D eigenvalue weighted by Gasteiger charge is 2.25. The van der Waals surface area contributed by atoms with Crippen molar-refractivity contribution in [2.45, 2.75) is 11.4 Å². The Kier molecular flexibility index (Phi) is 7.72. The van der Waals surface area contributed by atoms with E-state index in [2.05, 4.69) is 10.2 Å². The number of ether oxygens (including phenoxy) is 1. The van der Waals surface area contributed by atoms with Gasteiger partial charge < -0.3 is 15.0 Å². The number of anilines is 3. The summed E-state index contributed by atoms with van der Waals surface area (Å²) in [5.41, 5.74) is 3.63. The number of amides is 1. The molecule has 0 atom stereocenters. The Morgan fingerprint density at radius 1 is 0.789 bits per heavy atom. The van der Waals surface area contributed by atoms with Crippen molar-refractivity contribution in [1.82, 2.24) is 0 Å². The van der Waals surface area contributed by atoms with Crippen LogP contribution < -0.4 is 14.5 Å². The molecule has 1 aliphatic heterocycles. The molecular weight excluding hydrogens is 498 g/mol. The Bertz CT molecular complexity index is 1450. The summed E-state index contributed by atoms with van der Waals surface area (Å²) in [4.78, 5) is 15.3. The average Bonchev–Trinajstić information content (AvgIpc) is 2.98. The summed E-state index contributed by atoms with van der Waals surface area (Å²) in [7, 11) is -3.79. The van der Waals surface area contributed by atoms with E-state index in [0.29, 0.717) is 16.9 Å². The van der Waals surface area contributed by atoms with E-state index in [1.54, 1.807) is 66.7 Å². The molecule has 0 spiro atoms. The molecule has 1 saturated heterocycles. The Morgan fingerprint density at radius 3 is 2.03 bits per heavy atom. The smallest absolute Gasteiger partial charge is 0.264 e. The van der Waals surface area contributed by atoms with Gasteiger partial charge in [-0.05, 0) is 66.2 Å². The van der Waals surface area contributed by atoms with Crippen LogP contribution in [0.5, 0.6) is 0 Å². The Hall–Kier alpha value is -4.14. The Labute approximate surface area is 223 Å². The number of nitrogens with one attached hydrogen (secondary N) is 1. The lowest BCUT2D eigenvalue weighted by Gasteiger charge is -2.28. The summed E-state index contributed by atoms with van der Waals surface area (Å²) in [5, 5.41) is 2.93. The van der Waals surface area contributed by atoms with E-state index in [9.17, 15) is 13.2 Å². The van der Waals surface area contributed by atoms with Gasteiger partial charge in [0.1, 0.15) is 0 Å². The van der Waals surface area contributed by atoms with Crippen LogP contribution in [0, 0.1) is 0 Å². The molecule has 1 aliphatic rings. The lowest BCUT2D eigenvalue weighted by Crippen LogP contribution is -2.36. The van der Waals surface area contributed by atoms with Crippen LogP contribution in [0.4, 0.5) is 17.1 Å². The van der Waals surface area contributed by atoms with Gasteiger partial charge in [-0.25, -0.2) is 8.42 Å². The summed E-state index contributed by atoms with van der Waals surface area (Å²) in [6.07, 6.45) is 0. The number of sulfonamides is 1. The van der Waals surface area contributed by atoms with E-state index in [-0.39, 0.29) is 17.3 Å². The van der Waals surface area contributed by atoms with Gasteiger partial charge in [0.25, 0.3) is 15.9 Å². The number of carbonyl (C=O) groups excluding carboxylic acids is 1. The van der Waals surface area contributed by atoms with Gasteiger partial charge in [0, 0.05) is 30.0 Å². The van der Waals surface area contributed by atoms with Gasteiger partial charge in [-0.1, -0.05) is 48.5 Å². The zero-order valence-electron chi connectivity index (χ0n) is 20.9.